The van der Waals surface area contributed by atoms with Gasteiger partial charge in [0, 0.05) is 16.6 Å². The molecule has 1 fully saturated rings. The Kier molecular flexibility index (Phi) is 4.63. The molecule has 1 heterocycles. The molecule has 2 rings (SSSR count). The minimum atomic E-state index is 0.0264. The van der Waals surface area contributed by atoms with Crippen molar-refractivity contribution in [2.24, 2.45) is 5.41 Å². The number of amides is 1. The second kappa shape index (κ2) is 6.06. The number of hydrogen-bond donors (Lipinski definition) is 2. The van der Waals surface area contributed by atoms with Gasteiger partial charge in [0.2, 0.25) is 0 Å². The van der Waals surface area contributed by atoms with Crippen molar-refractivity contribution in [2.75, 3.05) is 19.6 Å². The van der Waals surface area contributed by atoms with E-state index in [1.807, 2.05) is 25.1 Å². The van der Waals surface area contributed by atoms with Crippen LogP contribution in [0.4, 0.5) is 0 Å². The maximum absolute atomic E-state index is 12.3. The molecule has 3 nitrogen and oxygen atoms in total. The van der Waals surface area contributed by atoms with Crippen molar-refractivity contribution in [2.45, 2.75) is 26.7 Å². The number of halogens is 1. The lowest BCUT2D eigenvalue weighted by Crippen LogP contribution is -2.43. The molecule has 19 heavy (non-hydrogen) atoms. The van der Waals surface area contributed by atoms with E-state index in [2.05, 4.69) is 33.5 Å². The van der Waals surface area contributed by atoms with Crippen LogP contribution in [0.15, 0.2) is 22.7 Å². The second-order valence-electron chi connectivity index (χ2n) is 5.70. The molecule has 0 atom stereocenters. The first-order valence-corrected chi connectivity index (χ1v) is 7.55. The van der Waals surface area contributed by atoms with Crippen molar-refractivity contribution in [3.8, 4) is 0 Å². The quantitative estimate of drug-likeness (QED) is 0.897. The highest BCUT2D eigenvalue weighted by atomic mass is 79.9. The monoisotopic (exact) mass is 324 g/mol. The van der Waals surface area contributed by atoms with E-state index in [0.29, 0.717) is 0 Å². The summed E-state index contributed by atoms with van der Waals surface area (Å²) < 4.78 is 0.941. The standard InChI is InChI=1S/C15H21BrN2O/c1-11-3-4-12(16)9-13(11)14(19)18-10-15(2)5-7-17-8-6-15/h3-4,9,17H,5-8,10H2,1-2H3,(H,18,19). The molecule has 1 aromatic rings. The highest BCUT2D eigenvalue weighted by Gasteiger charge is 2.27. The van der Waals surface area contributed by atoms with E-state index in [0.717, 1.165) is 48.1 Å². The van der Waals surface area contributed by atoms with Gasteiger partial charge in [0.1, 0.15) is 0 Å². The molecule has 0 saturated carbocycles. The second-order valence-corrected chi connectivity index (χ2v) is 6.62. The lowest BCUT2D eigenvalue weighted by atomic mass is 9.81. The van der Waals surface area contributed by atoms with Crippen molar-refractivity contribution >= 4 is 21.8 Å². The fourth-order valence-corrected chi connectivity index (χ4v) is 2.80. The average molecular weight is 325 g/mol. The highest BCUT2D eigenvalue weighted by molar-refractivity contribution is 9.10. The van der Waals surface area contributed by atoms with E-state index in [4.69, 9.17) is 0 Å². The lowest BCUT2D eigenvalue weighted by molar-refractivity contribution is 0.0921. The fraction of sp³-hybridized carbons (Fsp3) is 0.533. The van der Waals surface area contributed by atoms with E-state index in [1.165, 1.54) is 0 Å². The van der Waals surface area contributed by atoms with Gasteiger partial charge in [-0.3, -0.25) is 4.79 Å². The van der Waals surface area contributed by atoms with E-state index < -0.39 is 0 Å². The number of rotatable bonds is 3. The van der Waals surface area contributed by atoms with Crippen LogP contribution < -0.4 is 10.6 Å². The Bertz CT molecular complexity index is 467. The summed E-state index contributed by atoms with van der Waals surface area (Å²) in [5.74, 6) is 0.0264. The zero-order valence-electron chi connectivity index (χ0n) is 11.6. The number of hydrogen-bond acceptors (Lipinski definition) is 2. The first kappa shape index (κ1) is 14.5. The van der Waals surface area contributed by atoms with Gasteiger partial charge in [0.25, 0.3) is 5.91 Å². The Morgan fingerprint density at radius 2 is 2.11 bits per heavy atom. The van der Waals surface area contributed by atoms with Gasteiger partial charge in [0.15, 0.2) is 0 Å². The van der Waals surface area contributed by atoms with Crippen LogP contribution in [-0.2, 0) is 0 Å². The van der Waals surface area contributed by atoms with Gasteiger partial charge in [-0.05, 0) is 56.0 Å². The van der Waals surface area contributed by atoms with E-state index in [-0.39, 0.29) is 11.3 Å². The highest BCUT2D eigenvalue weighted by Crippen LogP contribution is 2.27. The topological polar surface area (TPSA) is 41.1 Å². The molecule has 0 bridgehead atoms. The smallest absolute Gasteiger partial charge is 0.251 e. The summed E-state index contributed by atoms with van der Waals surface area (Å²) in [4.78, 5) is 12.3. The molecule has 1 aromatic carbocycles. The molecule has 1 aliphatic rings. The Morgan fingerprint density at radius 3 is 2.79 bits per heavy atom. The van der Waals surface area contributed by atoms with Crippen molar-refractivity contribution in [1.82, 2.24) is 10.6 Å². The normalized spacial score (nSPS) is 18.1. The third-order valence-electron chi connectivity index (χ3n) is 3.93. The van der Waals surface area contributed by atoms with Crippen LogP contribution in [0.3, 0.4) is 0 Å². The van der Waals surface area contributed by atoms with Crippen molar-refractivity contribution in [3.63, 3.8) is 0 Å². The van der Waals surface area contributed by atoms with Crippen LogP contribution in [0, 0.1) is 12.3 Å². The number of nitrogens with one attached hydrogen (secondary N) is 2. The maximum Gasteiger partial charge on any atom is 0.251 e. The summed E-state index contributed by atoms with van der Waals surface area (Å²) in [6, 6.07) is 5.81. The molecule has 0 unspecified atom stereocenters. The van der Waals surface area contributed by atoms with Gasteiger partial charge in [-0.1, -0.05) is 28.9 Å². The summed E-state index contributed by atoms with van der Waals surface area (Å²) in [6.07, 6.45) is 2.23. The SMILES string of the molecule is Cc1ccc(Br)cc1C(=O)NCC1(C)CCNCC1. The molecule has 2 N–H and O–H groups in total. The molecule has 104 valence electrons. The van der Waals surface area contributed by atoms with Gasteiger partial charge in [-0.15, -0.1) is 0 Å². The molecule has 0 spiro atoms. The molecular formula is C15H21BrN2O. The number of benzene rings is 1. The minimum Gasteiger partial charge on any atom is -0.351 e. The summed E-state index contributed by atoms with van der Waals surface area (Å²) in [6.45, 7) is 7.06. The molecule has 0 aromatic heterocycles. The van der Waals surface area contributed by atoms with Crippen LogP contribution in [0.5, 0.6) is 0 Å². The maximum atomic E-state index is 12.3. The van der Waals surface area contributed by atoms with E-state index in [1.54, 1.807) is 0 Å². The van der Waals surface area contributed by atoms with Gasteiger partial charge in [-0.2, -0.15) is 0 Å². The molecule has 1 saturated heterocycles. The van der Waals surface area contributed by atoms with Gasteiger partial charge >= 0.3 is 0 Å². The zero-order valence-corrected chi connectivity index (χ0v) is 13.1. The molecule has 0 radical (unpaired) electrons. The van der Waals surface area contributed by atoms with Crippen molar-refractivity contribution < 1.29 is 4.79 Å². The molecular weight excluding hydrogens is 304 g/mol. The van der Waals surface area contributed by atoms with E-state index >= 15 is 0 Å². The van der Waals surface area contributed by atoms with Crippen LogP contribution in [0.25, 0.3) is 0 Å². The van der Waals surface area contributed by atoms with Gasteiger partial charge in [-0.25, -0.2) is 0 Å². The molecule has 1 amide bonds. The van der Waals surface area contributed by atoms with Crippen molar-refractivity contribution in [1.29, 1.82) is 0 Å². The van der Waals surface area contributed by atoms with Crippen molar-refractivity contribution in [3.05, 3.63) is 33.8 Å². The predicted octanol–water partition coefficient (Wildman–Crippen LogP) is 2.88. The van der Waals surface area contributed by atoms with Gasteiger partial charge < -0.3 is 10.6 Å². The molecule has 4 heteroatoms. The third-order valence-corrected chi connectivity index (χ3v) is 4.42. The van der Waals surface area contributed by atoms with Gasteiger partial charge in [0.05, 0.1) is 0 Å². The molecule has 0 aliphatic carbocycles. The summed E-state index contributed by atoms with van der Waals surface area (Å²) in [5, 5.41) is 6.45. The van der Waals surface area contributed by atoms with Crippen LogP contribution >= 0.6 is 15.9 Å². The Hall–Kier alpha value is -0.870. The van der Waals surface area contributed by atoms with E-state index in [9.17, 15) is 4.79 Å². The summed E-state index contributed by atoms with van der Waals surface area (Å²) >= 11 is 3.41. The largest absolute Gasteiger partial charge is 0.351 e. The number of carbonyl (C=O) groups is 1. The van der Waals surface area contributed by atoms with Crippen LogP contribution in [-0.4, -0.2) is 25.5 Å². The number of carbonyl (C=O) groups excluding carboxylic acids is 1. The fourth-order valence-electron chi connectivity index (χ4n) is 2.43. The first-order valence-electron chi connectivity index (χ1n) is 6.75. The number of aryl methyl sites for hydroxylation is 1. The Balaban J connectivity index is 1.99. The lowest BCUT2D eigenvalue weighted by Gasteiger charge is -2.34. The number of piperidine rings is 1. The average Bonchev–Trinajstić information content (AvgIpc) is 2.40. The summed E-state index contributed by atoms with van der Waals surface area (Å²) in [7, 11) is 0. The van der Waals surface area contributed by atoms with Crippen LogP contribution in [0.1, 0.15) is 35.7 Å². The first-order chi connectivity index (χ1) is 9.00. The zero-order chi connectivity index (χ0) is 13.9. The summed E-state index contributed by atoms with van der Waals surface area (Å²) in [5.41, 5.74) is 1.99. The minimum absolute atomic E-state index is 0.0264. The predicted molar refractivity (Wildman–Crippen MR) is 81.4 cm³/mol. The third kappa shape index (κ3) is 3.80. The Morgan fingerprint density at radius 1 is 1.42 bits per heavy atom. The molecule has 1 aliphatic heterocycles. The Labute approximate surface area is 123 Å². The van der Waals surface area contributed by atoms with Crippen LogP contribution in [0.2, 0.25) is 0 Å².